The summed E-state index contributed by atoms with van der Waals surface area (Å²) in [5.74, 6) is 2.15. The predicted molar refractivity (Wildman–Crippen MR) is 129 cm³/mol. The van der Waals surface area contributed by atoms with Crippen molar-refractivity contribution in [3.8, 4) is 17.3 Å². The molecular formula is C25H32N6O3. The van der Waals surface area contributed by atoms with Crippen molar-refractivity contribution >= 4 is 22.6 Å². The number of hydrogen-bond acceptors (Lipinski definition) is 6. The van der Waals surface area contributed by atoms with Crippen molar-refractivity contribution in [3.05, 3.63) is 23.4 Å². The summed E-state index contributed by atoms with van der Waals surface area (Å²) < 4.78 is 11.1. The molecule has 9 nitrogen and oxygen atoms in total. The molecule has 0 spiro atoms. The lowest BCUT2D eigenvalue weighted by atomic mass is 9.88. The van der Waals surface area contributed by atoms with Crippen LogP contribution in [0, 0.1) is 11.3 Å². The lowest BCUT2D eigenvalue weighted by molar-refractivity contribution is -0.124. The van der Waals surface area contributed by atoms with Gasteiger partial charge < -0.3 is 19.4 Å². The standard InChI is InChI=1S/C25H32N6O3/c1-14(31-5-7-34-8-6-31)24(32)30(3)20-10-17-18(11-21(20)33-4)27-23(26-17)22-16-9-15-12-25(15,2)13-19(16)28-29-22/h10-11,14-15H,5-9,12-13H2,1-4H3,(H,26,27)(H,28,29)/t14?,15-,25-/m1/s1. The zero-order chi connectivity index (χ0) is 23.6. The normalized spacial score (nSPS) is 25.0. The van der Waals surface area contributed by atoms with Crippen LogP contribution in [-0.2, 0) is 22.4 Å². The second kappa shape index (κ2) is 7.81. The summed E-state index contributed by atoms with van der Waals surface area (Å²) in [6.07, 6.45) is 3.41. The number of H-pyrrole nitrogens is 2. The minimum Gasteiger partial charge on any atom is -0.494 e. The zero-order valence-corrected chi connectivity index (χ0v) is 20.3. The molecule has 180 valence electrons. The summed E-state index contributed by atoms with van der Waals surface area (Å²) in [6, 6.07) is 3.60. The molecule has 3 heterocycles. The van der Waals surface area contributed by atoms with E-state index in [0.717, 1.165) is 54.4 Å². The zero-order valence-electron chi connectivity index (χ0n) is 20.3. The molecule has 2 aliphatic carbocycles. The van der Waals surface area contributed by atoms with Crippen LogP contribution >= 0.6 is 0 Å². The fraction of sp³-hybridized carbons (Fsp3) is 0.560. The highest BCUT2D eigenvalue weighted by Gasteiger charge is 2.53. The van der Waals surface area contributed by atoms with Crippen molar-refractivity contribution in [2.24, 2.45) is 11.3 Å². The Bertz CT molecular complexity index is 1260. The largest absolute Gasteiger partial charge is 0.494 e. The molecule has 3 aliphatic rings. The van der Waals surface area contributed by atoms with Gasteiger partial charge in [0.1, 0.15) is 11.4 Å². The molecule has 1 unspecified atom stereocenters. The minimum absolute atomic E-state index is 0.0214. The van der Waals surface area contributed by atoms with Crippen molar-refractivity contribution in [1.82, 2.24) is 25.1 Å². The van der Waals surface area contributed by atoms with Gasteiger partial charge >= 0.3 is 0 Å². The Labute approximate surface area is 198 Å². The van der Waals surface area contributed by atoms with Crippen molar-refractivity contribution in [2.75, 3.05) is 45.4 Å². The lowest BCUT2D eigenvalue weighted by Crippen LogP contribution is -2.50. The van der Waals surface area contributed by atoms with Gasteiger partial charge in [-0.05, 0) is 43.6 Å². The van der Waals surface area contributed by atoms with E-state index in [1.54, 1.807) is 19.1 Å². The van der Waals surface area contributed by atoms with E-state index in [2.05, 4.69) is 27.0 Å². The molecule has 1 aliphatic heterocycles. The first-order valence-electron chi connectivity index (χ1n) is 12.1. The second-order valence-corrected chi connectivity index (χ2v) is 10.3. The first kappa shape index (κ1) is 21.6. The number of nitrogens with zero attached hydrogens (tertiary/aromatic N) is 4. The molecular weight excluding hydrogens is 432 g/mol. The number of ether oxygens (including phenoxy) is 2. The van der Waals surface area contributed by atoms with E-state index in [9.17, 15) is 4.79 Å². The summed E-state index contributed by atoms with van der Waals surface area (Å²) in [6.45, 7) is 7.15. The topological polar surface area (TPSA) is 99.4 Å². The van der Waals surface area contributed by atoms with Crippen LogP contribution in [0.25, 0.3) is 22.6 Å². The molecule has 2 aromatic heterocycles. The van der Waals surface area contributed by atoms with Crippen LogP contribution in [0.15, 0.2) is 12.1 Å². The SMILES string of the molecule is COc1cc2nc(-c3n[nH]c4c3C[C@@H]3C[C@]3(C)C4)[nH]c2cc1N(C)C(=O)C(C)N1CCOCC1. The maximum Gasteiger partial charge on any atom is 0.243 e. The fourth-order valence-electron chi connectivity index (χ4n) is 5.74. The van der Waals surface area contributed by atoms with E-state index in [-0.39, 0.29) is 11.9 Å². The third kappa shape index (κ3) is 3.41. The molecule has 1 saturated carbocycles. The molecule has 1 saturated heterocycles. The van der Waals surface area contributed by atoms with E-state index >= 15 is 0 Å². The van der Waals surface area contributed by atoms with Crippen molar-refractivity contribution in [1.29, 1.82) is 0 Å². The number of aromatic amines is 2. The number of morpholine rings is 1. The smallest absolute Gasteiger partial charge is 0.243 e. The van der Waals surface area contributed by atoms with E-state index in [1.165, 1.54) is 17.7 Å². The van der Waals surface area contributed by atoms with Crippen LogP contribution in [0.5, 0.6) is 5.75 Å². The molecule has 0 bridgehead atoms. The number of nitrogens with one attached hydrogen (secondary N) is 2. The van der Waals surface area contributed by atoms with E-state index in [4.69, 9.17) is 14.5 Å². The number of anilines is 1. The number of hydrogen-bond donors (Lipinski definition) is 2. The van der Waals surface area contributed by atoms with Crippen LogP contribution < -0.4 is 9.64 Å². The van der Waals surface area contributed by atoms with Gasteiger partial charge in [-0.3, -0.25) is 14.8 Å². The molecule has 2 fully saturated rings. The number of carbonyl (C=O) groups excluding carboxylic acids is 1. The van der Waals surface area contributed by atoms with E-state index < -0.39 is 0 Å². The summed E-state index contributed by atoms with van der Waals surface area (Å²) in [5.41, 5.74) is 6.25. The van der Waals surface area contributed by atoms with E-state index in [1.807, 2.05) is 19.1 Å². The van der Waals surface area contributed by atoms with Crippen LogP contribution in [0.1, 0.15) is 31.5 Å². The van der Waals surface area contributed by atoms with Gasteiger partial charge in [-0.15, -0.1) is 0 Å². The van der Waals surface area contributed by atoms with Crippen molar-refractivity contribution in [2.45, 2.75) is 39.2 Å². The summed E-state index contributed by atoms with van der Waals surface area (Å²) in [5, 5.41) is 7.88. The van der Waals surface area contributed by atoms with Gasteiger partial charge in [-0.2, -0.15) is 5.10 Å². The van der Waals surface area contributed by atoms with Crippen LogP contribution in [0.2, 0.25) is 0 Å². The lowest BCUT2D eigenvalue weighted by Gasteiger charge is -2.33. The monoisotopic (exact) mass is 464 g/mol. The fourth-order valence-corrected chi connectivity index (χ4v) is 5.74. The number of aromatic nitrogens is 4. The molecule has 1 amide bonds. The van der Waals surface area contributed by atoms with Gasteiger partial charge in [-0.1, -0.05) is 6.92 Å². The van der Waals surface area contributed by atoms with Gasteiger partial charge in [0.25, 0.3) is 0 Å². The Morgan fingerprint density at radius 2 is 2.15 bits per heavy atom. The van der Waals surface area contributed by atoms with Gasteiger partial charge in [0, 0.05) is 37.5 Å². The number of likely N-dealkylation sites (N-methyl/N-ethyl adjacent to an activating group) is 1. The third-order valence-corrected chi connectivity index (χ3v) is 8.17. The van der Waals surface area contributed by atoms with Crippen molar-refractivity contribution < 1.29 is 14.3 Å². The van der Waals surface area contributed by atoms with Crippen LogP contribution in [0.4, 0.5) is 5.69 Å². The Hall–Kier alpha value is -2.91. The van der Waals surface area contributed by atoms with Gasteiger partial charge in [0.05, 0.1) is 43.1 Å². The minimum atomic E-state index is -0.240. The van der Waals surface area contributed by atoms with E-state index in [0.29, 0.717) is 30.1 Å². The quantitative estimate of drug-likeness (QED) is 0.602. The Morgan fingerprint density at radius 3 is 2.91 bits per heavy atom. The molecule has 1 aromatic carbocycles. The molecule has 3 atom stereocenters. The average Bonchev–Trinajstić information content (AvgIpc) is 3.15. The Kier molecular flexibility index (Phi) is 4.97. The maximum absolute atomic E-state index is 13.3. The molecule has 6 rings (SSSR count). The molecule has 2 N–H and O–H groups in total. The predicted octanol–water partition coefficient (Wildman–Crippen LogP) is 2.77. The maximum atomic E-state index is 13.3. The number of benzene rings is 1. The first-order valence-corrected chi connectivity index (χ1v) is 12.1. The van der Waals surface area contributed by atoms with Gasteiger partial charge in [0.2, 0.25) is 5.91 Å². The second-order valence-electron chi connectivity index (χ2n) is 10.3. The Morgan fingerprint density at radius 1 is 1.35 bits per heavy atom. The number of imidazole rings is 1. The third-order valence-electron chi connectivity index (χ3n) is 8.17. The van der Waals surface area contributed by atoms with Crippen LogP contribution in [-0.4, -0.2) is 77.5 Å². The first-order chi connectivity index (χ1) is 16.4. The summed E-state index contributed by atoms with van der Waals surface area (Å²) >= 11 is 0. The van der Waals surface area contributed by atoms with Crippen molar-refractivity contribution in [3.63, 3.8) is 0 Å². The van der Waals surface area contributed by atoms with Crippen LogP contribution in [0.3, 0.4) is 0 Å². The highest BCUT2D eigenvalue weighted by Crippen LogP contribution is 2.59. The Balaban J connectivity index is 1.31. The molecule has 9 heteroatoms. The summed E-state index contributed by atoms with van der Waals surface area (Å²) in [4.78, 5) is 25.4. The molecule has 0 radical (unpaired) electrons. The van der Waals surface area contributed by atoms with Gasteiger partial charge in [0.15, 0.2) is 5.82 Å². The van der Waals surface area contributed by atoms with Gasteiger partial charge in [-0.25, -0.2) is 4.98 Å². The molecule has 34 heavy (non-hydrogen) atoms. The summed E-state index contributed by atoms with van der Waals surface area (Å²) in [7, 11) is 3.43. The highest BCUT2D eigenvalue weighted by atomic mass is 16.5. The average molecular weight is 465 g/mol. The highest BCUT2D eigenvalue weighted by molar-refractivity contribution is 6.00. The number of amides is 1. The molecule has 3 aromatic rings. The number of carbonyl (C=O) groups is 1. The number of fused-ring (bicyclic) bond motifs is 3. The number of methoxy groups -OCH3 is 1. The number of rotatable bonds is 5.